The Morgan fingerprint density at radius 2 is 0.461 bits per heavy atom. The third-order valence-electron chi connectivity index (χ3n) is 13.0. The summed E-state index contributed by atoms with van der Waals surface area (Å²) in [6, 6.07) is 12.5. The van der Waals surface area contributed by atoms with E-state index in [1.54, 1.807) is 0 Å². The number of hydrogen-bond acceptors (Lipinski definition) is 2. The van der Waals surface area contributed by atoms with E-state index < -0.39 is 186 Å². The normalized spacial score (nSPS) is 13.9. The fraction of sp³-hybridized carbons (Fsp3) is 0.0769. The predicted octanol–water partition coefficient (Wildman–Crippen LogP) is 12.5. The molecule has 0 aromatic heterocycles. The van der Waals surface area contributed by atoms with Crippen LogP contribution in [0.15, 0.2) is 97.1 Å². The quantitative estimate of drug-likeness (QED) is 0.0583. The van der Waals surface area contributed by atoms with Crippen molar-refractivity contribution in [3.05, 3.63) is 236 Å². The van der Waals surface area contributed by atoms with Crippen molar-refractivity contribution >= 4 is 46.9 Å². The molecule has 0 bridgehead atoms. The number of anilines is 2. The van der Waals surface area contributed by atoms with Crippen LogP contribution >= 0.6 is 0 Å². The largest absolute Gasteiger partial charge is 0.398 e. The minimum atomic E-state index is -3.61. The Morgan fingerprint density at radius 3 is 0.684 bits per heavy atom. The van der Waals surface area contributed by atoms with Gasteiger partial charge in [0.05, 0.1) is 12.1 Å². The second-order valence-electron chi connectivity index (χ2n) is 17.3. The van der Waals surface area contributed by atoms with E-state index in [0.717, 1.165) is 72.8 Å². The van der Waals surface area contributed by atoms with Gasteiger partial charge in [0.1, 0.15) is 0 Å². The van der Waals surface area contributed by atoms with Gasteiger partial charge in [-0.15, -0.1) is 0 Å². The van der Waals surface area contributed by atoms with E-state index in [1.165, 1.54) is 38.1 Å². The van der Waals surface area contributed by atoms with Crippen molar-refractivity contribution in [2.75, 3.05) is 9.62 Å². The van der Waals surface area contributed by atoms with Crippen LogP contribution < -0.4 is 31.5 Å². The maximum atomic E-state index is 16.8. The lowest BCUT2D eigenvalue weighted by molar-refractivity contribution is 0.381. The van der Waals surface area contributed by atoms with Crippen molar-refractivity contribution in [2.45, 2.75) is 25.9 Å². The van der Waals surface area contributed by atoms with E-state index in [2.05, 4.69) is 0 Å². The molecule has 8 aromatic rings. The lowest BCUT2D eigenvalue weighted by Crippen LogP contribution is -2.67. The fourth-order valence-corrected chi connectivity index (χ4v) is 9.61. The van der Waals surface area contributed by atoms with Crippen LogP contribution in [0.4, 0.5) is 99.2 Å². The lowest BCUT2D eigenvalue weighted by atomic mass is 9.45. The third kappa shape index (κ3) is 8.09. The topological polar surface area (TPSA) is 6.48 Å². The first-order valence-corrected chi connectivity index (χ1v) is 21.9. The van der Waals surface area contributed by atoms with Crippen molar-refractivity contribution in [3.8, 4) is 11.1 Å². The van der Waals surface area contributed by atoms with Gasteiger partial charge in [-0.05, 0) is 60.4 Å². The van der Waals surface area contributed by atoms with Crippen molar-refractivity contribution in [3.63, 3.8) is 0 Å². The van der Waals surface area contributed by atoms with E-state index >= 15 is 70.2 Å². The zero-order valence-electron chi connectivity index (χ0n) is 38.0. The van der Waals surface area contributed by atoms with Crippen LogP contribution in [0.25, 0.3) is 11.1 Å². The van der Waals surface area contributed by atoms with E-state index in [9.17, 15) is 17.6 Å². The standard InChI is InChI=1S/C52H24B2F20N2/c1-19-11-15-21(16-12-19)75(53(27-31(55)39(63)47(71)40(64)32(27)56)28-33(57)41(65)48(72)42(66)34(28)58)51-25-9-5-3-7-23(25)24-8-4-6-10-26(24)52(51)76(22-17-13-20(2)14-18-22)54(29-35(59)43(67)49(73)44(68)36(29)60)30-37(61)45(69)50(74)46(70)38(30)62/h3-18,51-52H,1-2H3. The van der Waals surface area contributed by atoms with Gasteiger partial charge in [0.25, 0.3) is 0 Å². The van der Waals surface area contributed by atoms with Crippen LogP contribution in [0, 0.1) is 130 Å². The fourth-order valence-electron chi connectivity index (χ4n) is 9.61. The van der Waals surface area contributed by atoms with Crippen LogP contribution in [0.5, 0.6) is 0 Å². The highest BCUT2D eigenvalue weighted by Gasteiger charge is 2.54. The first kappa shape index (κ1) is 52.9. The van der Waals surface area contributed by atoms with Crippen molar-refractivity contribution in [2.24, 2.45) is 0 Å². The summed E-state index contributed by atoms with van der Waals surface area (Å²) in [6.45, 7) is -4.42. The van der Waals surface area contributed by atoms with Gasteiger partial charge in [0, 0.05) is 33.2 Å². The molecule has 24 heteroatoms. The molecular formula is C52H24B2F20N2. The monoisotopic (exact) mass is 1080 g/mol. The highest BCUT2D eigenvalue weighted by Crippen LogP contribution is 2.53. The molecule has 0 heterocycles. The molecule has 0 aliphatic heterocycles. The lowest BCUT2D eigenvalue weighted by Gasteiger charge is -2.52. The molecular weight excluding hydrogens is 1050 g/mol. The summed E-state index contributed by atoms with van der Waals surface area (Å²) in [5.74, 6) is -58.3. The molecule has 1 aliphatic rings. The Morgan fingerprint density at radius 1 is 0.263 bits per heavy atom. The van der Waals surface area contributed by atoms with Crippen molar-refractivity contribution in [1.29, 1.82) is 0 Å². The maximum Gasteiger partial charge on any atom is 0.336 e. The summed E-state index contributed by atoms with van der Waals surface area (Å²) in [5, 5.41) is 0. The zero-order chi connectivity index (χ0) is 55.3. The summed E-state index contributed by atoms with van der Waals surface area (Å²) in [7, 11) is 0. The number of aryl methyl sites for hydroxylation is 2. The van der Waals surface area contributed by atoms with E-state index in [-0.39, 0.29) is 31.9 Å². The molecule has 0 saturated heterocycles. The first-order valence-electron chi connectivity index (χ1n) is 21.9. The molecule has 1 aliphatic carbocycles. The molecule has 0 saturated carbocycles. The molecule has 0 N–H and O–H groups in total. The van der Waals surface area contributed by atoms with Crippen LogP contribution in [0.3, 0.4) is 0 Å². The summed E-state index contributed by atoms with van der Waals surface area (Å²) < 4.78 is 320. The van der Waals surface area contributed by atoms with E-state index in [1.807, 2.05) is 0 Å². The van der Waals surface area contributed by atoms with Gasteiger partial charge in [-0.2, -0.15) is 0 Å². The summed E-state index contributed by atoms with van der Waals surface area (Å²) in [5.41, 5.74) is -11.7. The molecule has 2 atom stereocenters. The number of nitrogens with zero attached hydrogens (tertiary/aromatic N) is 2. The van der Waals surface area contributed by atoms with Gasteiger partial charge in [-0.3, -0.25) is 0 Å². The van der Waals surface area contributed by atoms with E-state index in [4.69, 9.17) is 0 Å². The molecule has 8 aromatic carbocycles. The average Bonchev–Trinajstić information content (AvgIpc) is 3.43. The van der Waals surface area contributed by atoms with Crippen molar-refractivity contribution < 1.29 is 87.8 Å². The molecule has 0 spiro atoms. The number of benzene rings is 8. The van der Waals surface area contributed by atoms with Crippen LogP contribution in [-0.2, 0) is 0 Å². The highest BCUT2D eigenvalue weighted by atomic mass is 19.2. The maximum absolute atomic E-state index is 16.8. The van der Waals surface area contributed by atoms with Gasteiger partial charge in [0.15, 0.2) is 116 Å². The second-order valence-corrected chi connectivity index (χ2v) is 17.3. The Kier molecular flexibility index (Phi) is 13.7. The van der Waals surface area contributed by atoms with Crippen LogP contribution in [0.1, 0.15) is 34.3 Å². The molecule has 0 radical (unpaired) electrons. The van der Waals surface area contributed by atoms with Gasteiger partial charge >= 0.3 is 13.7 Å². The SMILES string of the molecule is Cc1ccc(N(B(c2c(F)c(F)c(F)c(F)c2F)c2c(F)c(F)c(F)c(F)c2F)C2c3ccccc3-c3ccccc3C2N(B(c2c(F)c(F)c(F)c(F)c2F)c2c(F)c(F)c(F)c(F)c2F)c2ccc(C)cc2)cc1. The molecule has 2 nitrogen and oxygen atoms in total. The molecule has 2 unspecified atom stereocenters. The van der Waals surface area contributed by atoms with Gasteiger partial charge in [-0.1, -0.05) is 83.9 Å². The first-order chi connectivity index (χ1) is 35.9. The van der Waals surface area contributed by atoms with Gasteiger partial charge in [-0.25, -0.2) is 87.8 Å². The van der Waals surface area contributed by atoms with Crippen LogP contribution in [0.2, 0.25) is 0 Å². The minimum absolute atomic E-state index is 0.127. The molecule has 0 amide bonds. The highest BCUT2D eigenvalue weighted by molar-refractivity contribution is 6.89. The second kappa shape index (κ2) is 19.7. The summed E-state index contributed by atoms with van der Waals surface area (Å²) in [6.07, 6.45) is 0. The number of hydrogen-bond donors (Lipinski definition) is 0. The van der Waals surface area contributed by atoms with Gasteiger partial charge < -0.3 is 9.62 Å². The van der Waals surface area contributed by atoms with Crippen LogP contribution in [-0.4, -0.2) is 13.7 Å². The Bertz CT molecular complexity index is 3200. The number of halogens is 20. The average molecular weight is 1080 g/mol. The predicted molar refractivity (Wildman–Crippen MR) is 240 cm³/mol. The molecule has 76 heavy (non-hydrogen) atoms. The third-order valence-corrected chi connectivity index (χ3v) is 13.0. The summed E-state index contributed by atoms with van der Waals surface area (Å²) in [4.78, 5) is 0.565. The molecule has 0 fully saturated rings. The number of rotatable bonds is 10. The Hall–Kier alpha value is -7.91. The Balaban J connectivity index is 1.57. The summed E-state index contributed by atoms with van der Waals surface area (Å²) >= 11 is 0. The molecule has 388 valence electrons. The smallest absolute Gasteiger partial charge is 0.336 e. The number of fused-ring (bicyclic) bond motifs is 3. The van der Waals surface area contributed by atoms with E-state index in [0.29, 0.717) is 0 Å². The minimum Gasteiger partial charge on any atom is -0.398 e. The zero-order valence-corrected chi connectivity index (χ0v) is 38.0. The molecule has 9 rings (SSSR count). The van der Waals surface area contributed by atoms with Crippen molar-refractivity contribution in [1.82, 2.24) is 0 Å². The Labute approximate surface area is 416 Å². The van der Waals surface area contributed by atoms with Gasteiger partial charge in [0.2, 0.25) is 0 Å².